The van der Waals surface area contributed by atoms with E-state index in [-0.39, 0.29) is 5.78 Å². The maximum atomic E-state index is 11.3. The maximum absolute atomic E-state index is 11.3. The Kier molecular flexibility index (Phi) is 4.37. The van der Waals surface area contributed by atoms with Gasteiger partial charge in [0.15, 0.2) is 5.78 Å². The van der Waals surface area contributed by atoms with Crippen molar-refractivity contribution in [2.45, 2.75) is 13.8 Å². The van der Waals surface area contributed by atoms with E-state index in [9.17, 15) is 4.79 Å². The van der Waals surface area contributed by atoms with Crippen LogP contribution in [0.25, 0.3) is 0 Å². The second-order valence-corrected chi connectivity index (χ2v) is 4.85. The van der Waals surface area contributed by atoms with Crippen molar-refractivity contribution in [1.82, 2.24) is 0 Å². The zero-order chi connectivity index (χ0) is 10.7. The first-order valence-electron chi connectivity index (χ1n) is 4.19. The van der Waals surface area contributed by atoms with Crippen molar-refractivity contribution in [3.63, 3.8) is 0 Å². The van der Waals surface area contributed by atoms with Crippen molar-refractivity contribution in [3.8, 4) is 5.75 Å². The molecule has 2 nitrogen and oxygen atoms in total. The first kappa shape index (κ1) is 12.0. The monoisotopic (exact) mass is 368 g/mol. The summed E-state index contributed by atoms with van der Waals surface area (Å²) in [6.07, 6.45) is 0. The predicted octanol–water partition coefficient (Wildman–Crippen LogP) is 3.66. The van der Waals surface area contributed by atoms with Crippen molar-refractivity contribution in [2.75, 3.05) is 6.61 Å². The highest BCUT2D eigenvalue weighted by atomic mass is 127. The van der Waals surface area contributed by atoms with E-state index < -0.39 is 0 Å². The fourth-order valence-corrected chi connectivity index (χ4v) is 2.74. The van der Waals surface area contributed by atoms with Crippen LogP contribution >= 0.6 is 38.5 Å². The second-order valence-electron chi connectivity index (χ2n) is 2.75. The summed E-state index contributed by atoms with van der Waals surface area (Å²) in [7, 11) is 0. The van der Waals surface area contributed by atoms with Crippen LogP contribution in [0.1, 0.15) is 24.2 Å². The van der Waals surface area contributed by atoms with E-state index in [1.807, 2.05) is 19.1 Å². The highest BCUT2D eigenvalue weighted by Gasteiger charge is 2.12. The molecule has 1 rings (SSSR count). The SMILES string of the molecule is CCOc1c(Br)cc(I)cc1C(C)=O. The van der Waals surface area contributed by atoms with Crippen LogP contribution in [0.15, 0.2) is 16.6 Å². The van der Waals surface area contributed by atoms with Gasteiger partial charge in [-0.15, -0.1) is 0 Å². The molecule has 0 N–H and O–H groups in total. The molecule has 0 heterocycles. The summed E-state index contributed by atoms with van der Waals surface area (Å²) in [6.45, 7) is 3.99. The molecular formula is C10H10BrIO2. The van der Waals surface area contributed by atoms with Crippen LogP contribution in [-0.2, 0) is 0 Å². The van der Waals surface area contributed by atoms with Gasteiger partial charge in [-0.05, 0) is 64.5 Å². The Balaban J connectivity index is 3.28. The first-order chi connectivity index (χ1) is 6.56. The normalized spacial score (nSPS) is 10.0. The van der Waals surface area contributed by atoms with E-state index in [2.05, 4.69) is 38.5 Å². The van der Waals surface area contributed by atoms with Crippen LogP contribution in [0.2, 0.25) is 0 Å². The number of halogens is 2. The van der Waals surface area contributed by atoms with E-state index in [1.165, 1.54) is 0 Å². The number of ether oxygens (including phenoxy) is 1. The highest BCUT2D eigenvalue weighted by molar-refractivity contribution is 14.1. The molecule has 0 aromatic heterocycles. The molecule has 0 aliphatic carbocycles. The van der Waals surface area contributed by atoms with E-state index >= 15 is 0 Å². The third-order valence-electron chi connectivity index (χ3n) is 1.68. The number of carbonyl (C=O) groups excluding carboxylic acids is 1. The molecule has 1 aromatic carbocycles. The van der Waals surface area contributed by atoms with E-state index in [1.54, 1.807) is 6.92 Å². The Morgan fingerprint density at radius 1 is 1.57 bits per heavy atom. The Hall–Kier alpha value is -0.100. The van der Waals surface area contributed by atoms with Gasteiger partial charge in [0.25, 0.3) is 0 Å². The Morgan fingerprint density at radius 3 is 2.71 bits per heavy atom. The van der Waals surface area contributed by atoms with Crippen molar-refractivity contribution in [3.05, 3.63) is 25.7 Å². The third-order valence-corrected chi connectivity index (χ3v) is 2.89. The molecule has 0 aliphatic rings. The molecule has 0 fully saturated rings. The van der Waals surface area contributed by atoms with Gasteiger partial charge in [-0.1, -0.05) is 0 Å². The van der Waals surface area contributed by atoms with Crippen molar-refractivity contribution >= 4 is 44.3 Å². The molecule has 0 aliphatic heterocycles. The summed E-state index contributed by atoms with van der Waals surface area (Å²) in [5.74, 6) is 0.660. The summed E-state index contributed by atoms with van der Waals surface area (Å²) in [6, 6.07) is 3.76. The summed E-state index contributed by atoms with van der Waals surface area (Å²) < 4.78 is 7.26. The van der Waals surface area contributed by atoms with Crippen LogP contribution in [-0.4, -0.2) is 12.4 Å². The number of rotatable bonds is 3. The van der Waals surface area contributed by atoms with Crippen molar-refractivity contribution in [1.29, 1.82) is 0 Å². The van der Waals surface area contributed by atoms with Crippen molar-refractivity contribution < 1.29 is 9.53 Å². The maximum Gasteiger partial charge on any atom is 0.163 e. The predicted molar refractivity (Wildman–Crippen MR) is 68.0 cm³/mol. The van der Waals surface area contributed by atoms with Gasteiger partial charge < -0.3 is 4.74 Å². The largest absolute Gasteiger partial charge is 0.492 e. The molecule has 0 saturated heterocycles. The van der Waals surface area contributed by atoms with Gasteiger partial charge in [0.2, 0.25) is 0 Å². The minimum atomic E-state index is 0.0210. The quantitative estimate of drug-likeness (QED) is 0.601. The smallest absolute Gasteiger partial charge is 0.163 e. The third kappa shape index (κ3) is 2.70. The molecule has 0 radical (unpaired) electrons. The minimum Gasteiger partial charge on any atom is -0.492 e. The fraction of sp³-hybridized carbons (Fsp3) is 0.300. The first-order valence-corrected chi connectivity index (χ1v) is 6.06. The van der Waals surface area contributed by atoms with E-state index in [4.69, 9.17) is 4.74 Å². The average Bonchev–Trinajstić information content (AvgIpc) is 2.09. The zero-order valence-electron chi connectivity index (χ0n) is 7.93. The number of hydrogen-bond acceptors (Lipinski definition) is 2. The topological polar surface area (TPSA) is 26.3 Å². The molecule has 76 valence electrons. The minimum absolute atomic E-state index is 0.0210. The Morgan fingerprint density at radius 2 is 2.21 bits per heavy atom. The number of carbonyl (C=O) groups is 1. The van der Waals surface area contributed by atoms with Crippen LogP contribution in [0.4, 0.5) is 0 Å². The van der Waals surface area contributed by atoms with E-state index in [0.29, 0.717) is 17.9 Å². The van der Waals surface area contributed by atoms with Crippen LogP contribution in [0, 0.1) is 3.57 Å². The Bertz CT molecular complexity index is 363. The molecule has 0 amide bonds. The lowest BCUT2D eigenvalue weighted by Gasteiger charge is -2.10. The fourth-order valence-electron chi connectivity index (χ4n) is 1.11. The summed E-state index contributed by atoms with van der Waals surface area (Å²) >= 11 is 5.56. The lowest BCUT2D eigenvalue weighted by atomic mass is 10.1. The molecule has 0 spiro atoms. The standard InChI is InChI=1S/C10H10BrIO2/c1-3-14-10-8(6(2)13)4-7(12)5-9(10)11/h4-5H,3H2,1-2H3. The number of ketones is 1. The average molecular weight is 369 g/mol. The Labute approximate surface area is 105 Å². The van der Waals surface area contributed by atoms with Gasteiger partial charge in [0.05, 0.1) is 16.6 Å². The molecule has 0 atom stereocenters. The summed E-state index contributed by atoms with van der Waals surface area (Å²) in [5.41, 5.74) is 0.630. The summed E-state index contributed by atoms with van der Waals surface area (Å²) in [4.78, 5) is 11.3. The van der Waals surface area contributed by atoms with Crippen LogP contribution in [0.5, 0.6) is 5.75 Å². The van der Waals surface area contributed by atoms with Crippen LogP contribution in [0.3, 0.4) is 0 Å². The van der Waals surface area contributed by atoms with Gasteiger partial charge >= 0.3 is 0 Å². The molecule has 0 bridgehead atoms. The van der Waals surface area contributed by atoms with E-state index in [0.717, 1.165) is 8.04 Å². The zero-order valence-corrected chi connectivity index (χ0v) is 11.7. The molecule has 1 aromatic rings. The highest BCUT2D eigenvalue weighted by Crippen LogP contribution is 2.31. The van der Waals surface area contributed by atoms with Gasteiger partial charge in [0, 0.05) is 3.57 Å². The molecule has 4 heteroatoms. The lowest BCUT2D eigenvalue weighted by molar-refractivity contribution is 0.101. The lowest BCUT2D eigenvalue weighted by Crippen LogP contribution is -2.02. The molecule has 14 heavy (non-hydrogen) atoms. The van der Waals surface area contributed by atoms with Gasteiger partial charge in [-0.3, -0.25) is 4.79 Å². The van der Waals surface area contributed by atoms with Gasteiger partial charge in [0.1, 0.15) is 5.75 Å². The van der Waals surface area contributed by atoms with Crippen molar-refractivity contribution in [2.24, 2.45) is 0 Å². The number of hydrogen-bond donors (Lipinski definition) is 0. The molecule has 0 unspecified atom stereocenters. The number of Topliss-reactive ketones (excluding diaryl/α,β-unsaturated/α-hetero) is 1. The molecule has 0 saturated carbocycles. The molecular weight excluding hydrogens is 359 g/mol. The van der Waals surface area contributed by atoms with Gasteiger partial charge in [-0.2, -0.15) is 0 Å². The number of benzene rings is 1. The van der Waals surface area contributed by atoms with Crippen LogP contribution < -0.4 is 4.74 Å². The second kappa shape index (κ2) is 5.11. The van der Waals surface area contributed by atoms with Gasteiger partial charge in [-0.25, -0.2) is 0 Å². The summed E-state index contributed by atoms with van der Waals surface area (Å²) in [5, 5.41) is 0.